The molecule has 0 spiro atoms. The van der Waals surface area contributed by atoms with Gasteiger partial charge in [0.2, 0.25) is 0 Å². The molecule has 82 valence electrons. The van der Waals surface area contributed by atoms with Crippen molar-refractivity contribution in [3.05, 3.63) is 39.8 Å². The van der Waals surface area contributed by atoms with Crippen molar-refractivity contribution in [2.45, 2.75) is 0 Å². The standard InChI is InChI=1S/C10H8BrN3OS/c11-7-3-6(4-8(12)5-7)9(15)14-10-13-1-2-16-10/h1-5H,12H2,(H,13,14,15). The lowest BCUT2D eigenvalue weighted by atomic mass is 10.2. The van der Waals surface area contributed by atoms with Crippen LogP contribution >= 0.6 is 27.3 Å². The Balaban J connectivity index is 2.21. The highest BCUT2D eigenvalue weighted by Gasteiger charge is 2.08. The van der Waals surface area contributed by atoms with Crippen LogP contribution in [-0.4, -0.2) is 10.9 Å². The molecule has 0 bridgehead atoms. The Kier molecular flexibility index (Phi) is 3.21. The number of aromatic nitrogens is 1. The van der Waals surface area contributed by atoms with Crippen molar-refractivity contribution in [3.63, 3.8) is 0 Å². The quantitative estimate of drug-likeness (QED) is 0.838. The fourth-order valence-electron chi connectivity index (χ4n) is 1.20. The van der Waals surface area contributed by atoms with Gasteiger partial charge in [-0.3, -0.25) is 10.1 Å². The van der Waals surface area contributed by atoms with Crippen LogP contribution in [0.4, 0.5) is 10.8 Å². The van der Waals surface area contributed by atoms with Crippen molar-refractivity contribution in [2.75, 3.05) is 11.1 Å². The van der Waals surface area contributed by atoms with Crippen LogP contribution in [0.5, 0.6) is 0 Å². The monoisotopic (exact) mass is 297 g/mol. The molecule has 0 saturated heterocycles. The molecule has 1 amide bonds. The van der Waals surface area contributed by atoms with Crippen LogP contribution in [0.15, 0.2) is 34.2 Å². The number of hydrogen-bond donors (Lipinski definition) is 2. The average Bonchev–Trinajstić information content (AvgIpc) is 2.68. The second-order valence-corrected chi connectivity index (χ2v) is 4.87. The zero-order chi connectivity index (χ0) is 11.5. The number of carbonyl (C=O) groups is 1. The van der Waals surface area contributed by atoms with Gasteiger partial charge in [-0.2, -0.15) is 0 Å². The summed E-state index contributed by atoms with van der Waals surface area (Å²) in [7, 11) is 0. The number of benzene rings is 1. The number of nitrogens with two attached hydrogens (primary N) is 1. The van der Waals surface area contributed by atoms with Gasteiger partial charge in [-0.1, -0.05) is 15.9 Å². The zero-order valence-corrected chi connectivity index (χ0v) is 10.5. The van der Waals surface area contributed by atoms with E-state index >= 15 is 0 Å². The zero-order valence-electron chi connectivity index (χ0n) is 8.11. The number of hydrogen-bond acceptors (Lipinski definition) is 4. The first-order chi connectivity index (χ1) is 7.65. The van der Waals surface area contributed by atoms with Crippen LogP contribution in [-0.2, 0) is 0 Å². The number of amides is 1. The van der Waals surface area contributed by atoms with Gasteiger partial charge >= 0.3 is 0 Å². The Morgan fingerprint density at radius 3 is 2.88 bits per heavy atom. The van der Waals surface area contributed by atoms with E-state index in [2.05, 4.69) is 26.2 Å². The fraction of sp³-hybridized carbons (Fsp3) is 0. The first-order valence-electron chi connectivity index (χ1n) is 4.42. The van der Waals surface area contributed by atoms with Crippen molar-refractivity contribution in [3.8, 4) is 0 Å². The van der Waals surface area contributed by atoms with E-state index in [1.165, 1.54) is 11.3 Å². The molecule has 4 nitrogen and oxygen atoms in total. The van der Waals surface area contributed by atoms with Crippen LogP contribution in [0.1, 0.15) is 10.4 Å². The van der Waals surface area contributed by atoms with E-state index in [1.54, 1.807) is 29.8 Å². The van der Waals surface area contributed by atoms with Gasteiger partial charge in [0.15, 0.2) is 5.13 Å². The summed E-state index contributed by atoms with van der Waals surface area (Å²) < 4.78 is 0.775. The second-order valence-electron chi connectivity index (χ2n) is 3.06. The number of carbonyl (C=O) groups excluding carboxylic acids is 1. The van der Waals surface area contributed by atoms with Crippen molar-refractivity contribution in [2.24, 2.45) is 0 Å². The molecule has 0 radical (unpaired) electrons. The number of nitrogens with one attached hydrogen (secondary N) is 1. The minimum atomic E-state index is -0.219. The predicted octanol–water partition coefficient (Wildman–Crippen LogP) is 2.74. The molecule has 1 aromatic heterocycles. The van der Waals surface area contributed by atoms with Crippen LogP contribution in [0.25, 0.3) is 0 Å². The molecule has 2 rings (SSSR count). The first-order valence-corrected chi connectivity index (χ1v) is 6.09. The molecule has 0 aliphatic carbocycles. The van der Waals surface area contributed by atoms with E-state index < -0.39 is 0 Å². The molecule has 16 heavy (non-hydrogen) atoms. The van der Waals surface area contributed by atoms with Gasteiger partial charge < -0.3 is 5.73 Å². The highest BCUT2D eigenvalue weighted by molar-refractivity contribution is 9.10. The van der Waals surface area contributed by atoms with Crippen molar-refractivity contribution in [1.82, 2.24) is 4.98 Å². The molecule has 6 heteroatoms. The normalized spacial score (nSPS) is 10.1. The van der Waals surface area contributed by atoms with E-state index in [0.717, 1.165) is 4.47 Å². The van der Waals surface area contributed by atoms with Gasteiger partial charge in [-0.15, -0.1) is 11.3 Å². The third-order valence-corrected chi connectivity index (χ3v) is 2.98. The number of rotatable bonds is 2. The lowest BCUT2D eigenvalue weighted by Crippen LogP contribution is -2.11. The topological polar surface area (TPSA) is 68.0 Å². The SMILES string of the molecule is Nc1cc(Br)cc(C(=O)Nc2nccs2)c1. The van der Waals surface area contributed by atoms with Crippen molar-refractivity contribution >= 4 is 44.0 Å². The summed E-state index contributed by atoms with van der Waals surface area (Å²) in [4.78, 5) is 15.8. The lowest BCUT2D eigenvalue weighted by Gasteiger charge is -2.03. The van der Waals surface area contributed by atoms with E-state index in [9.17, 15) is 4.79 Å². The Labute approximate surface area is 105 Å². The Hall–Kier alpha value is -1.40. The van der Waals surface area contributed by atoms with E-state index in [-0.39, 0.29) is 5.91 Å². The van der Waals surface area contributed by atoms with Crippen LogP contribution in [0.2, 0.25) is 0 Å². The molecule has 0 fully saturated rings. The smallest absolute Gasteiger partial charge is 0.257 e. The first kappa shape index (κ1) is 11.1. The van der Waals surface area contributed by atoms with E-state index in [4.69, 9.17) is 5.73 Å². The summed E-state index contributed by atoms with van der Waals surface area (Å²) in [6, 6.07) is 5.06. The number of nitrogens with zero attached hydrogens (tertiary/aromatic N) is 1. The summed E-state index contributed by atoms with van der Waals surface area (Å²) in [5, 5.41) is 5.05. The molecule has 0 aliphatic heterocycles. The number of nitrogen functional groups attached to an aromatic ring is 1. The maximum absolute atomic E-state index is 11.8. The molecular weight excluding hydrogens is 290 g/mol. The molecule has 0 aliphatic rings. The third-order valence-electron chi connectivity index (χ3n) is 1.84. The molecule has 2 aromatic rings. The van der Waals surface area contributed by atoms with Crippen molar-refractivity contribution < 1.29 is 4.79 Å². The third kappa shape index (κ3) is 2.59. The van der Waals surface area contributed by atoms with Gasteiger partial charge in [0.1, 0.15) is 0 Å². The summed E-state index contributed by atoms with van der Waals surface area (Å²) in [5.41, 5.74) is 6.69. The van der Waals surface area contributed by atoms with Crippen LogP contribution in [0, 0.1) is 0 Å². The molecular formula is C10H8BrN3OS. The highest BCUT2D eigenvalue weighted by atomic mass is 79.9. The van der Waals surface area contributed by atoms with E-state index in [1.807, 2.05) is 0 Å². The minimum absolute atomic E-state index is 0.219. The summed E-state index contributed by atoms with van der Waals surface area (Å²) in [6.07, 6.45) is 1.63. The maximum atomic E-state index is 11.8. The lowest BCUT2D eigenvalue weighted by molar-refractivity contribution is 0.102. The predicted molar refractivity (Wildman–Crippen MR) is 68.6 cm³/mol. The maximum Gasteiger partial charge on any atom is 0.257 e. The molecule has 0 saturated carbocycles. The summed E-state index contributed by atoms with van der Waals surface area (Å²) >= 11 is 4.65. The molecule has 1 aromatic carbocycles. The highest BCUT2D eigenvalue weighted by Crippen LogP contribution is 2.19. The minimum Gasteiger partial charge on any atom is -0.399 e. The van der Waals surface area contributed by atoms with Gasteiger partial charge in [0.05, 0.1) is 0 Å². The molecule has 0 atom stereocenters. The largest absolute Gasteiger partial charge is 0.399 e. The van der Waals surface area contributed by atoms with Gasteiger partial charge in [-0.25, -0.2) is 4.98 Å². The van der Waals surface area contributed by atoms with E-state index in [0.29, 0.717) is 16.4 Å². The Bertz CT molecular complexity index is 493. The number of halogens is 1. The van der Waals surface area contributed by atoms with Crippen LogP contribution in [0.3, 0.4) is 0 Å². The number of thiazole rings is 1. The van der Waals surface area contributed by atoms with Crippen molar-refractivity contribution in [1.29, 1.82) is 0 Å². The Morgan fingerprint density at radius 1 is 1.44 bits per heavy atom. The van der Waals surface area contributed by atoms with Gasteiger partial charge in [0, 0.05) is 27.3 Å². The molecule has 1 heterocycles. The molecule has 3 N–H and O–H groups in total. The van der Waals surface area contributed by atoms with Crippen LogP contribution < -0.4 is 11.1 Å². The Morgan fingerprint density at radius 2 is 2.25 bits per heavy atom. The average molecular weight is 298 g/mol. The summed E-state index contributed by atoms with van der Waals surface area (Å²) in [5.74, 6) is -0.219. The summed E-state index contributed by atoms with van der Waals surface area (Å²) in [6.45, 7) is 0. The van der Waals surface area contributed by atoms with Gasteiger partial charge in [0.25, 0.3) is 5.91 Å². The second kappa shape index (κ2) is 4.63. The molecule has 0 unspecified atom stereocenters. The van der Waals surface area contributed by atoms with Gasteiger partial charge in [-0.05, 0) is 18.2 Å². The number of anilines is 2. The fourth-order valence-corrected chi connectivity index (χ4v) is 2.23.